The Morgan fingerprint density at radius 2 is 1.54 bits per heavy atom. The second-order valence-corrected chi connectivity index (χ2v) is 9.34. The first-order valence-electron chi connectivity index (χ1n) is 11.6. The third-order valence-corrected chi connectivity index (χ3v) is 6.73. The summed E-state index contributed by atoms with van der Waals surface area (Å²) >= 11 is 0. The topological polar surface area (TPSA) is 54.9 Å². The van der Waals surface area contributed by atoms with E-state index in [1.54, 1.807) is 11.9 Å². The molecule has 4 rings (SSSR count). The monoisotopic (exact) mass is 571 g/mol. The third kappa shape index (κ3) is 6.02. The number of amides is 1. The molecule has 2 aliphatic heterocycles. The van der Waals surface area contributed by atoms with Gasteiger partial charge in [0.1, 0.15) is 11.9 Å². The largest absolute Gasteiger partial charge is 0.439 e. The minimum atomic E-state index is -5.12. The Hall–Kier alpha value is -3.23. The van der Waals surface area contributed by atoms with Crippen molar-refractivity contribution in [1.29, 1.82) is 0 Å². The fourth-order valence-electron chi connectivity index (χ4n) is 4.58. The minimum Gasteiger partial charge on any atom is -0.439 e. The molecule has 3 heterocycles. The lowest BCUT2D eigenvalue weighted by Gasteiger charge is -2.29. The molecule has 3 atom stereocenters. The molecule has 15 heteroatoms. The number of nitrogens with zero attached hydrogens (tertiary/aromatic N) is 3. The van der Waals surface area contributed by atoms with E-state index in [4.69, 9.17) is 9.47 Å². The van der Waals surface area contributed by atoms with Gasteiger partial charge in [-0.15, -0.1) is 0 Å². The molecule has 214 valence electrons. The van der Waals surface area contributed by atoms with E-state index in [1.165, 1.54) is 6.92 Å². The fraction of sp³-hybridized carbons (Fsp3) is 0.500. The first kappa shape index (κ1) is 28.8. The van der Waals surface area contributed by atoms with Crippen molar-refractivity contribution >= 4 is 11.9 Å². The van der Waals surface area contributed by atoms with Gasteiger partial charge >= 0.3 is 24.6 Å². The molecule has 6 nitrogen and oxygen atoms in total. The van der Waals surface area contributed by atoms with Gasteiger partial charge in [0, 0.05) is 25.4 Å². The summed E-state index contributed by atoms with van der Waals surface area (Å²) < 4.78 is 131. The molecule has 2 fully saturated rings. The number of hydrogen-bond donors (Lipinski definition) is 0. The molecule has 0 saturated carbocycles. The first-order chi connectivity index (χ1) is 18.0. The number of benzene rings is 1. The second kappa shape index (κ2) is 10.1. The fourth-order valence-corrected chi connectivity index (χ4v) is 4.58. The van der Waals surface area contributed by atoms with Crippen molar-refractivity contribution < 1.29 is 53.8 Å². The number of carbonyl (C=O) groups is 1. The standard InChI is InChI=1S/C24H22F9N3O3/c1-12-19(13-5-15(22(25,26)27)8-16(6-13)23(28,29)30)39-21(37)36(12)10-14-7-17(24(31,32)33)9-34-20(14)35(2)18-3-4-38-11-18/h5-9,12,18-19H,3-4,10-11H2,1-2H3/t12-,18?,19-/m0/s1. The van der Waals surface area contributed by atoms with Gasteiger partial charge in [-0.25, -0.2) is 9.78 Å². The lowest BCUT2D eigenvalue weighted by Crippen LogP contribution is -2.36. The summed E-state index contributed by atoms with van der Waals surface area (Å²) in [6, 6.07) is 0.315. The Bertz CT molecular complexity index is 1190. The first-order valence-corrected chi connectivity index (χ1v) is 11.6. The van der Waals surface area contributed by atoms with Gasteiger partial charge in [-0.1, -0.05) is 0 Å². The van der Waals surface area contributed by atoms with Gasteiger partial charge in [-0.05, 0) is 43.2 Å². The highest BCUT2D eigenvalue weighted by Gasteiger charge is 2.44. The quantitative estimate of drug-likeness (QED) is 0.387. The normalized spacial score (nSPS) is 22.4. The molecule has 0 bridgehead atoms. The number of carbonyl (C=O) groups excluding carboxylic acids is 1. The molecule has 1 unspecified atom stereocenters. The maximum Gasteiger partial charge on any atom is 0.417 e. The van der Waals surface area contributed by atoms with E-state index in [2.05, 4.69) is 4.98 Å². The van der Waals surface area contributed by atoms with Crippen LogP contribution in [-0.4, -0.2) is 48.3 Å². The SMILES string of the molecule is C[C@H]1[C@@H](c2cc(C(F)(F)F)cc(C(F)(F)F)c2)OC(=O)N1Cc1cc(C(F)(F)F)cnc1N(C)C1CCOC1. The van der Waals surface area contributed by atoms with E-state index in [0.717, 1.165) is 11.0 Å². The van der Waals surface area contributed by atoms with Crippen LogP contribution in [0.1, 0.15) is 47.3 Å². The van der Waals surface area contributed by atoms with Crippen LogP contribution in [-0.2, 0) is 34.5 Å². The van der Waals surface area contributed by atoms with E-state index in [0.29, 0.717) is 38.0 Å². The molecule has 0 N–H and O–H groups in total. The van der Waals surface area contributed by atoms with Crippen LogP contribution in [0.3, 0.4) is 0 Å². The van der Waals surface area contributed by atoms with E-state index in [-0.39, 0.29) is 23.5 Å². The van der Waals surface area contributed by atoms with Gasteiger partial charge < -0.3 is 14.4 Å². The minimum absolute atomic E-state index is 0.0382. The molecular formula is C24H22F9N3O3. The van der Waals surface area contributed by atoms with Crippen molar-refractivity contribution in [1.82, 2.24) is 9.88 Å². The average molecular weight is 571 g/mol. The van der Waals surface area contributed by atoms with Gasteiger partial charge in [0.15, 0.2) is 0 Å². The van der Waals surface area contributed by atoms with Gasteiger partial charge in [0.05, 0.1) is 41.9 Å². The van der Waals surface area contributed by atoms with Crippen molar-refractivity contribution in [3.8, 4) is 0 Å². The lowest BCUT2D eigenvalue weighted by atomic mass is 9.97. The number of hydrogen-bond acceptors (Lipinski definition) is 5. The number of cyclic esters (lactones) is 1. The molecule has 1 amide bonds. The van der Waals surface area contributed by atoms with Crippen molar-refractivity contribution in [3.63, 3.8) is 0 Å². The van der Waals surface area contributed by atoms with Crippen LogP contribution in [0.5, 0.6) is 0 Å². The van der Waals surface area contributed by atoms with Crippen LogP contribution in [0.15, 0.2) is 30.5 Å². The number of anilines is 1. The molecule has 0 aliphatic carbocycles. The predicted molar refractivity (Wildman–Crippen MR) is 118 cm³/mol. The third-order valence-electron chi connectivity index (χ3n) is 6.73. The summed E-state index contributed by atoms with van der Waals surface area (Å²) in [5, 5.41) is 0. The van der Waals surface area contributed by atoms with Gasteiger partial charge in [0.2, 0.25) is 0 Å². The van der Waals surface area contributed by atoms with Crippen molar-refractivity contribution in [2.45, 2.75) is 56.6 Å². The predicted octanol–water partition coefficient (Wildman–Crippen LogP) is 6.45. The van der Waals surface area contributed by atoms with Crippen LogP contribution in [0.2, 0.25) is 0 Å². The summed E-state index contributed by atoms with van der Waals surface area (Å²) in [4.78, 5) is 19.2. The van der Waals surface area contributed by atoms with Crippen molar-refractivity contribution in [2.75, 3.05) is 25.2 Å². The number of pyridine rings is 1. The number of likely N-dealkylation sites (N-methyl/N-ethyl adjacent to an activating group) is 1. The molecule has 2 saturated heterocycles. The molecule has 2 aromatic rings. The van der Waals surface area contributed by atoms with Crippen LogP contribution >= 0.6 is 0 Å². The Morgan fingerprint density at radius 1 is 0.949 bits per heavy atom. The molecular weight excluding hydrogens is 549 g/mol. The maximum absolute atomic E-state index is 13.5. The number of halogens is 9. The molecule has 39 heavy (non-hydrogen) atoms. The summed E-state index contributed by atoms with van der Waals surface area (Å²) in [5.41, 5.74) is -4.86. The molecule has 1 aromatic heterocycles. The van der Waals surface area contributed by atoms with Crippen LogP contribution in [0.4, 0.5) is 50.1 Å². The summed E-state index contributed by atoms with van der Waals surface area (Å²) in [5.74, 6) is 0.111. The Kier molecular flexibility index (Phi) is 7.42. The Morgan fingerprint density at radius 3 is 2.05 bits per heavy atom. The van der Waals surface area contributed by atoms with Gasteiger partial charge in [-0.2, -0.15) is 39.5 Å². The Labute approximate surface area is 216 Å². The Balaban J connectivity index is 1.70. The van der Waals surface area contributed by atoms with Crippen molar-refractivity contribution in [3.05, 3.63) is 58.3 Å². The zero-order valence-electron chi connectivity index (χ0n) is 20.4. The number of alkyl halides is 9. The smallest absolute Gasteiger partial charge is 0.417 e. The van der Waals surface area contributed by atoms with E-state index >= 15 is 0 Å². The maximum atomic E-state index is 13.5. The van der Waals surface area contributed by atoms with E-state index < -0.39 is 65.6 Å². The molecule has 2 aliphatic rings. The van der Waals surface area contributed by atoms with Gasteiger partial charge in [-0.3, -0.25) is 4.90 Å². The number of aromatic nitrogens is 1. The molecule has 0 spiro atoms. The van der Waals surface area contributed by atoms with Crippen LogP contribution in [0.25, 0.3) is 0 Å². The van der Waals surface area contributed by atoms with Crippen LogP contribution < -0.4 is 4.90 Å². The summed E-state index contributed by atoms with van der Waals surface area (Å²) in [6.45, 7) is 1.54. The van der Waals surface area contributed by atoms with E-state index in [1.807, 2.05) is 0 Å². The molecule has 1 aromatic carbocycles. The second-order valence-electron chi connectivity index (χ2n) is 9.34. The zero-order chi connectivity index (χ0) is 28.9. The lowest BCUT2D eigenvalue weighted by molar-refractivity contribution is -0.143. The average Bonchev–Trinajstić information content (AvgIpc) is 3.46. The van der Waals surface area contributed by atoms with Gasteiger partial charge in [0.25, 0.3) is 0 Å². The number of rotatable bonds is 5. The molecule has 0 radical (unpaired) electrons. The van der Waals surface area contributed by atoms with Crippen LogP contribution in [0, 0.1) is 0 Å². The number of ether oxygens (including phenoxy) is 2. The summed E-state index contributed by atoms with van der Waals surface area (Å²) in [6.07, 6.45) is -16.5. The highest BCUT2D eigenvalue weighted by Crippen LogP contribution is 2.42. The van der Waals surface area contributed by atoms with Crippen molar-refractivity contribution in [2.24, 2.45) is 0 Å². The summed E-state index contributed by atoms with van der Waals surface area (Å²) in [7, 11) is 1.59. The zero-order valence-corrected chi connectivity index (χ0v) is 20.4. The van der Waals surface area contributed by atoms with E-state index in [9.17, 15) is 44.3 Å². The highest BCUT2D eigenvalue weighted by atomic mass is 19.4. The highest BCUT2D eigenvalue weighted by molar-refractivity contribution is 5.71.